The third-order valence-corrected chi connectivity index (χ3v) is 5.13. The highest BCUT2D eigenvalue weighted by molar-refractivity contribution is 5.75. The minimum Gasteiger partial charge on any atom is -0.367 e. The summed E-state index contributed by atoms with van der Waals surface area (Å²) in [6.45, 7) is 0. The van der Waals surface area contributed by atoms with E-state index in [4.69, 9.17) is 0 Å². The highest BCUT2D eigenvalue weighted by Gasteiger charge is 2.25. The molecule has 9 heteroatoms. The Bertz CT molecular complexity index is 1180. The molecule has 0 amide bonds. The molecule has 0 saturated heterocycles. The number of aromatic amines is 1. The minimum atomic E-state index is -0.181. The fourth-order valence-corrected chi connectivity index (χ4v) is 3.69. The average Bonchev–Trinajstić information content (AvgIpc) is 3.38. The Morgan fingerprint density at radius 2 is 1.93 bits per heavy atom. The minimum absolute atomic E-state index is 0.181. The number of nitrogens with zero attached hydrogens (tertiary/aromatic N) is 5. The van der Waals surface area contributed by atoms with E-state index >= 15 is 0 Å². The number of hydrogen-bond donors (Lipinski definition) is 3. The summed E-state index contributed by atoms with van der Waals surface area (Å²) in [7, 11) is 0. The normalized spacial score (nSPS) is 18.8. The molecule has 0 bridgehead atoms. The van der Waals surface area contributed by atoms with Gasteiger partial charge in [-0.05, 0) is 43.5 Å². The van der Waals surface area contributed by atoms with Crippen molar-refractivity contribution in [1.82, 2.24) is 29.7 Å². The van der Waals surface area contributed by atoms with Gasteiger partial charge in [0.25, 0.3) is 5.56 Å². The maximum Gasteiger partial charge on any atom is 0.271 e. The Labute approximate surface area is 166 Å². The lowest BCUT2D eigenvalue weighted by molar-refractivity contribution is 0.717. The van der Waals surface area contributed by atoms with E-state index in [0.29, 0.717) is 23.7 Å². The van der Waals surface area contributed by atoms with Crippen molar-refractivity contribution in [1.29, 1.82) is 0 Å². The molecule has 146 valence electrons. The van der Waals surface area contributed by atoms with Gasteiger partial charge in [0.1, 0.15) is 11.5 Å². The zero-order valence-electron chi connectivity index (χ0n) is 15.6. The van der Waals surface area contributed by atoms with Crippen LogP contribution in [-0.2, 0) is 0 Å². The van der Waals surface area contributed by atoms with E-state index in [0.717, 1.165) is 36.1 Å². The zero-order valence-corrected chi connectivity index (χ0v) is 15.6. The van der Waals surface area contributed by atoms with E-state index in [2.05, 4.69) is 35.7 Å². The van der Waals surface area contributed by atoms with Gasteiger partial charge in [-0.15, -0.1) is 0 Å². The Morgan fingerprint density at radius 3 is 2.76 bits per heavy atom. The third-order valence-electron chi connectivity index (χ3n) is 5.13. The number of pyridine rings is 1. The Hall–Kier alpha value is -3.75. The lowest BCUT2D eigenvalue weighted by Crippen LogP contribution is -2.22. The van der Waals surface area contributed by atoms with Crippen molar-refractivity contribution in [3.05, 3.63) is 65.5 Å². The molecule has 0 aromatic carbocycles. The van der Waals surface area contributed by atoms with E-state index in [1.54, 1.807) is 18.5 Å². The predicted molar refractivity (Wildman–Crippen MR) is 110 cm³/mol. The van der Waals surface area contributed by atoms with Crippen molar-refractivity contribution >= 4 is 22.8 Å². The SMILES string of the molecule is O=c1cccnn1-c1ccc(N[C@H]2CC[C@H](Nc3ncc4cc[nH]c4n3)C2)nc1. The molecule has 5 rings (SSSR count). The molecule has 4 aromatic rings. The number of H-pyrrole nitrogens is 1. The molecule has 1 aliphatic rings. The Morgan fingerprint density at radius 1 is 1.03 bits per heavy atom. The summed E-state index contributed by atoms with van der Waals surface area (Å²) in [5.41, 5.74) is 1.30. The molecular weight excluding hydrogens is 368 g/mol. The molecule has 2 atom stereocenters. The lowest BCUT2D eigenvalue weighted by atomic mass is 10.2. The molecule has 3 N–H and O–H groups in total. The van der Waals surface area contributed by atoms with Crippen LogP contribution < -0.4 is 16.2 Å². The van der Waals surface area contributed by atoms with Gasteiger partial charge in [0.15, 0.2) is 0 Å². The molecule has 4 aromatic heterocycles. The number of rotatable bonds is 5. The first-order valence-corrected chi connectivity index (χ1v) is 9.58. The molecule has 29 heavy (non-hydrogen) atoms. The summed E-state index contributed by atoms with van der Waals surface area (Å²) in [4.78, 5) is 28.3. The molecule has 0 radical (unpaired) electrons. The number of fused-ring (bicyclic) bond motifs is 1. The fourth-order valence-electron chi connectivity index (χ4n) is 3.69. The van der Waals surface area contributed by atoms with Crippen LogP contribution >= 0.6 is 0 Å². The largest absolute Gasteiger partial charge is 0.367 e. The summed E-state index contributed by atoms with van der Waals surface area (Å²) < 4.78 is 1.33. The van der Waals surface area contributed by atoms with Crippen LogP contribution in [0.3, 0.4) is 0 Å². The van der Waals surface area contributed by atoms with Crippen LogP contribution in [0.5, 0.6) is 0 Å². The van der Waals surface area contributed by atoms with E-state index in [1.807, 2.05) is 30.6 Å². The molecule has 0 spiro atoms. The van der Waals surface area contributed by atoms with Crippen molar-refractivity contribution in [2.75, 3.05) is 10.6 Å². The number of nitrogens with one attached hydrogen (secondary N) is 3. The average molecular weight is 388 g/mol. The van der Waals surface area contributed by atoms with Crippen LogP contribution in [0.2, 0.25) is 0 Å². The third kappa shape index (κ3) is 3.66. The second-order valence-electron chi connectivity index (χ2n) is 7.15. The molecule has 1 saturated carbocycles. The van der Waals surface area contributed by atoms with Crippen LogP contribution in [-0.4, -0.2) is 41.8 Å². The van der Waals surface area contributed by atoms with Crippen LogP contribution in [0.4, 0.5) is 11.8 Å². The van der Waals surface area contributed by atoms with Crippen LogP contribution in [0.25, 0.3) is 16.7 Å². The van der Waals surface area contributed by atoms with Crippen LogP contribution in [0.1, 0.15) is 19.3 Å². The van der Waals surface area contributed by atoms with Gasteiger partial charge in [-0.25, -0.2) is 9.97 Å². The Balaban J connectivity index is 1.20. The van der Waals surface area contributed by atoms with Gasteiger partial charge in [0.2, 0.25) is 5.95 Å². The van der Waals surface area contributed by atoms with Gasteiger partial charge in [-0.2, -0.15) is 14.8 Å². The number of anilines is 2. The smallest absolute Gasteiger partial charge is 0.271 e. The van der Waals surface area contributed by atoms with Gasteiger partial charge in [-0.1, -0.05) is 0 Å². The van der Waals surface area contributed by atoms with Gasteiger partial charge in [0, 0.05) is 42.1 Å². The second kappa shape index (κ2) is 7.34. The van der Waals surface area contributed by atoms with Gasteiger partial charge < -0.3 is 15.6 Å². The van der Waals surface area contributed by atoms with Crippen molar-refractivity contribution in [3.63, 3.8) is 0 Å². The van der Waals surface area contributed by atoms with E-state index < -0.39 is 0 Å². The summed E-state index contributed by atoms with van der Waals surface area (Å²) >= 11 is 0. The highest BCUT2D eigenvalue weighted by Crippen LogP contribution is 2.25. The predicted octanol–water partition coefficient (Wildman–Crippen LogP) is 2.34. The zero-order chi connectivity index (χ0) is 19.6. The fraction of sp³-hybridized carbons (Fsp3) is 0.250. The summed E-state index contributed by atoms with van der Waals surface area (Å²) in [5, 5.41) is 12.0. The first-order valence-electron chi connectivity index (χ1n) is 9.58. The molecular formula is C20H20N8O. The van der Waals surface area contributed by atoms with E-state index in [1.165, 1.54) is 10.7 Å². The second-order valence-corrected chi connectivity index (χ2v) is 7.15. The van der Waals surface area contributed by atoms with Gasteiger partial charge in [0.05, 0.1) is 11.9 Å². The molecule has 1 fully saturated rings. The van der Waals surface area contributed by atoms with Crippen LogP contribution in [0, 0.1) is 0 Å². The van der Waals surface area contributed by atoms with E-state index in [9.17, 15) is 4.79 Å². The van der Waals surface area contributed by atoms with Crippen molar-refractivity contribution in [2.24, 2.45) is 0 Å². The first-order chi connectivity index (χ1) is 14.2. The lowest BCUT2D eigenvalue weighted by Gasteiger charge is -2.15. The monoisotopic (exact) mass is 388 g/mol. The molecule has 0 unspecified atom stereocenters. The van der Waals surface area contributed by atoms with Crippen molar-refractivity contribution < 1.29 is 0 Å². The van der Waals surface area contributed by atoms with Crippen molar-refractivity contribution in [3.8, 4) is 5.69 Å². The number of hydrogen-bond acceptors (Lipinski definition) is 7. The summed E-state index contributed by atoms with van der Waals surface area (Å²) in [6.07, 6.45) is 9.94. The van der Waals surface area contributed by atoms with Crippen molar-refractivity contribution in [2.45, 2.75) is 31.3 Å². The highest BCUT2D eigenvalue weighted by atomic mass is 16.1. The Kier molecular flexibility index (Phi) is 4.39. The topological polar surface area (TPSA) is 113 Å². The standard InChI is InChI=1S/C20H20N8O/c29-18-2-1-8-24-28(18)16-5-6-17(22-12-16)25-14-3-4-15(10-14)26-20-23-11-13-7-9-21-19(13)27-20/h1-2,5-9,11-12,14-15H,3-4,10H2,(H,22,25)(H2,21,23,26,27)/t14-,15-/m0/s1. The summed E-state index contributed by atoms with van der Waals surface area (Å²) in [6, 6.07) is 9.39. The van der Waals surface area contributed by atoms with Crippen LogP contribution in [0.15, 0.2) is 59.9 Å². The molecule has 4 heterocycles. The number of aromatic nitrogens is 6. The molecule has 1 aliphatic carbocycles. The van der Waals surface area contributed by atoms with E-state index in [-0.39, 0.29) is 5.56 Å². The maximum atomic E-state index is 11.9. The van der Waals surface area contributed by atoms with Gasteiger partial charge >= 0.3 is 0 Å². The molecule has 0 aliphatic heterocycles. The van der Waals surface area contributed by atoms with Gasteiger partial charge in [-0.3, -0.25) is 4.79 Å². The first kappa shape index (κ1) is 17.4. The maximum absolute atomic E-state index is 11.9. The summed E-state index contributed by atoms with van der Waals surface area (Å²) in [5.74, 6) is 1.43. The quantitative estimate of drug-likeness (QED) is 0.481. The molecule has 9 nitrogen and oxygen atoms in total.